The molecule has 0 fully saturated rings. The quantitative estimate of drug-likeness (QED) is 0.573. The fourth-order valence-electron chi connectivity index (χ4n) is 2.13. The number of aliphatic carboxylic acids is 1. The summed E-state index contributed by atoms with van der Waals surface area (Å²) in [4.78, 5) is 10.7. The fraction of sp³-hybridized carbons (Fsp3) is 0.611. The first kappa shape index (κ1) is 18.5. The minimum absolute atomic E-state index is 0.538. The van der Waals surface area contributed by atoms with Crippen LogP contribution >= 0.6 is 0 Å². The highest BCUT2D eigenvalue weighted by molar-refractivity contribution is 5.72. The summed E-state index contributed by atoms with van der Waals surface area (Å²) in [6.07, 6.45) is 7.56. The minimum atomic E-state index is -0.834. The molecule has 1 aromatic rings. The van der Waals surface area contributed by atoms with Gasteiger partial charge in [0.2, 0.25) is 0 Å². The number of carboxylic acid groups (broad SMARTS) is 1. The van der Waals surface area contributed by atoms with Crippen LogP contribution in [-0.2, 0) is 11.3 Å². The van der Waals surface area contributed by atoms with Gasteiger partial charge >= 0.3 is 5.97 Å². The molecule has 124 valence electrons. The maximum absolute atomic E-state index is 10.7. The molecule has 4 nitrogen and oxygen atoms in total. The summed E-state index contributed by atoms with van der Waals surface area (Å²) in [6, 6.07) is 7.29. The predicted octanol–water partition coefficient (Wildman–Crippen LogP) is 3.99. The smallest absolute Gasteiger partial charge is 0.320 e. The molecule has 4 heteroatoms. The Morgan fingerprint density at radius 3 is 2.41 bits per heavy atom. The van der Waals surface area contributed by atoms with E-state index in [1.807, 2.05) is 24.3 Å². The first-order valence-electron chi connectivity index (χ1n) is 8.31. The summed E-state index contributed by atoms with van der Waals surface area (Å²) in [5, 5.41) is 11.8. The van der Waals surface area contributed by atoms with Gasteiger partial charge in [-0.2, -0.15) is 0 Å². The highest BCUT2D eigenvalue weighted by Gasteiger charge is 2.08. The van der Waals surface area contributed by atoms with Gasteiger partial charge in [-0.25, -0.2) is 0 Å². The Kier molecular flexibility index (Phi) is 9.31. The highest BCUT2D eigenvalue weighted by atomic mass is 16.5. The van der Waals surface area contributed by atoms with Crippen LogP contribution in [0.4, 0.5) is 0 Å². The van der Waals surface area contributed by atoms with Gasteiger partial charge in [-0.05, 0) is 31.0 Å². The first-order valence-corrected chi connectivity index (χ1v) is 8.31. The lowest BCUT2D eigenvalue weighted by molar-refractivity contribution is -0.139. The van der Waals surface area contributed by atoms with Crippen LogP contribution in [0.2, 0.25) is 0 Å². The Morgan fingerprint density at radius 2 is 1.77 bits per heavy atom. The van der Waals surface area contributed by atoms with Crippen LogP contribution < -0.4 is 10.1 Å². The van der Waals surface area contributed by atoms with Crippen molar-refractivity contribution in [2.45, 2.75) is 65.0 Å². The van der Waals surface area contributed by atoms with Crippen molar-refractivity contribution in [1.29, 1.82) is 0 Å². The van der Waals surface area contributed by atoms with Gasteiger partial charge < -0.3 is 15.2 Å². The van der Waals surface area contributed by atoms with Gasteiger partial charge in [-0.1, -0.05) is 51.2 Å². The molecule has 1 aromatic carbocycles. The Morgan fingerprint density at radius 1 is 1.14 bits per heavy atom. The monoisotopic (exact) mass is 307 g/mol. The number of ether oxygens (including phenoxy) is 1. The zero-order chi connectivity index (χ0) is 16.2. The zero-order valence-electron chi connectivity index (χ0n) is 13.8. The summed E-state index contributed by atoms with van der Waals surface area (Å²) >= 11 is 0. The van der Waals surface area contributed by atoms with Crippen molar-refractivity contribution in [2.75, 3.05) is 6.61 Å². The number of hydrogen-bond donors (Lipinski definition) is 2. The summed E-state index contributed by atoms with van der Waals surface area (Å²) in [6.45, 7) is 5.18. The van der Waals surface area contributed by atoms with E-state index >= 15 is 0 Å². The van der Waals surface area contributed by atoms with Crippen LogP contribution in [0, 0.1) is 0 Å². The predicted molar refractivity (Wildman–Crippen MR) is 89.3 cm³/mol. The Balaban J connectivity index is 2.17. The number of carboxylic acids is 1. The third kappa shape index (κ3) is 8.03. The molecular weight excluding hydrogens is 278 g/mol. The molecule has 0 aliphatic heterocycles. The second-order valence-corrected chi connectivity index (χ2v) is 5.70. The number of unbranched alkanes of at least 4 members (excludes halogenated alkanes) is 5. The molecule has 0 aliphatic carbocycles. The number of carbonyl (C=O) groups is 1. The summed E-state index contributed by atoms with van der Waals surface area (Å²) in [5.41, 5.74) is 1.06. The highest BCUT2D eigenvalue weighted by Crippen LogP contribution is 2.13. The zero-order valence-corrected chi connectivity index (χ0v) is 13.8. The Hall–Kier alpha value is -1.55. The van der Waals surface area contributed by atoms with E-state index in [1.54, 1.807) is 6.92 Å². The van der Waals surface area contributed by atoms with E-state index in [4.69, 9.17) is 9.84 Å². The molecule has 0 heterocycles. The summed E-state index contributed by atoms with van der Waals surface area (Å²) < 4.78 is 5.72. The second-order valence-electron chi connectivity index (χ2n) is 5.70. The van der Waals surface area contributed by atoms with Gasteiger partial charge in [-0.15, -0.1) is 0 Å². The molecule has 0 radical (unpaired) electrons. The van der Waals surface area contributed by atoms with Crippen molar-refractivity contribution in [3.63, 3.8) is 0 Å². The lowest BCUT2D eigenvalue weighted by Crippen LogP contribution is -2.33. The van der Waals surface area contributed by atoms with E-state index < -0.39 is 12.0 Å². The molecule has 0 aliphatic rings. The van der Waals surface area contributed by atoms with Crippen LogP contribution in [-0.4, -0.2) is 23.7 Å². The molecule has 1 rings (SSSR count). The van der Waals surface area contributed by atoms with Gasteiger partial charge in [0.1, 0.15) is 11.8 Å². The van der Waals surface area contributed by atoms with E-state index in [9.17, 15) is 4.79 Å². The standard InChI is InChI=1S/C18H29NO3/c1-3-4-5-6-7-8-13-22-17-11-9-16(10-12-17)14-19-15(2)18(20)21/h9-12,15,19H,3-8,13-14H2,1-2H3,(H,20,21)/t15-/m0/s1. The van der Waals surface area contributed by atoms with Gasteiger partial charge in [0.15, 0.2) is 0 Å². The Labute approximate surface area is 133 Å². The minimum Gasteiger partial charge on any atom is -0.494 e. The van der Waals surface area contributed by atoms with Crippen LogP contribution in [0.25, 0.3) is 0 Å². The SMILES string of the molecule is CCCCCCCCOc1ccc(CN[C@@H](C)C(=O)O)cc1. The molecule has 0 amide bonds. The van der Waals surface area contributed by atoms with Crippen molar-refractivity contribution >= 4 is 5.97 Å². The van der Waals surface area contributed by atoms with Crippen LogP contribution in [0.5, 0.6) is 5.75 Å². The van der Waals surface area contributed by atoms with Gasteiger partial charge in [0, 0.05) is 6.54 Å². The lowest BCUT2D eigenvalue weighted by atomic mass is 10.1. The van der Waals surface area contributed by atoms with Crippen LogP contribution in [0.15, 0.2) is 24.3 Å². The third-order valence-corrected chi connectivity index (χ3v) is 3.67. The molecule has 0 spiro atoms. The number of rotatable bonds is 12. The average Bonchev–Trinajstić information content (AvgIpc) is 2.52. The van der Waals surface area contributed by atoms with Crippen molar-refractivity contribution in [3.8, 4) is 5.75 Å². The van der Waals surface area contributed by atoms with Gasteiger partial charge in [0.05, 0.1) is 6.61 Å². The summed E-state index contributed by atoms with van der Waals surface area (Å²) in [5.74, 6) is 0.0440. The maximum atomic E-state index is 10.7. The first-order chi connectivity index (χ1) is 10.6. The van der Waals surface area contributed by atoms with Crippen molar-refractivity contribution in [2.24, 2.45) is 0 Å². The molecule has 1 atom stereocenters. The molecule has 0 aromatic heterocycles. The van der Waals surface area contributed by atoms with E-state index in [0.717, 1.165) is 24.3 Å². The lowest BCUT2D eigenvalue weighted by Gasteiger charge is -2.10. The molecule has 0 saturated heterocycles. The second kappa shape index (κ2) is 11.1. The normalized spacial score (nSPS) is 12.1. The molecular formula is C18H29NO3. The maximum Gasteiger partial charge on any atom is 0.320 e. The molecule has 0 unspecified atom stereocenters. The van der Waals surface area contributed by atoms with Gasteiger partial charge in [0.25, 0.3) is 0 Å². The number of hydrogen-bond acceptors (Lipinski definition) is 3. The Bertz CT molecular complexity index is 417. The largest absolute Gasteiger partial charge is 0.494 e. The average molecular weight is 307 g/mol. The van der Waals surface area contributed by atoms with E-state index in [2.05, 4.69) is 12.2 Å². The van der Waals surface area contributed by atoms with Crippen molar-refractivity contribution in [3.05, 3.63) is 29.8 Å². The van der Waals surface area contributed by atoms with Gasteiger partial charge in [-0.3, -0.25) is 4.79 Å². The molecule has 0 saturated carbocycles. The third-order valence-electron chi connectivity index (χ3n) is 3.67. The molecule has 22 heavy (non-hydrogen) atoms. The van der Waals surface area contributed by atoms with Crippen LogP contribution in [0.3, 0.4) is 0 Å². The van der Waals surface area contributed by atoms with Crippen molar-refractivity contribution < 1.29 is 14.6 Å². The number of benzene rings is 1. The van der Waals surface area contributed by atoms with Crippen molar-refractivity contribution in [1.82, 2.24) is 5.32 Å². The number of nitrogens with one attached hydrogen (secondary N) is 1. The molecule has 0 bridgehead atoms. The fourth-order valence-corrected chi connectivity index (χ4v) is 2.13. The van der Waals surface area contributed by atoms with E-state index in [0.29, 0.717) is 6.54 Å². The summed E-state index contributed by atoms with van der Waals surface area (Å²) in [7, 11) is 0. The topological polar surface area (TPSA) is 58.6 Å². The van der Waals surface area contributed by atoms with E-state index in [-0.39, 0.29) is 0 Å². The van der Waals surface area contributed by atoms with E-state index in [1.165, 1.54) is 32.1 Å². The van der Waals surface area contributed by atoms with Crippen LogP contribution in [0.1, 0.15) is 57.9 Å². The molecule has 2 N–H and O–H groups in total.